The molecule has 0 radical (unpaired) electrons. The number of hydrogen-bond donors (Lipinski definition) is 0. The lowest BCUT2D eigenvalue weighted by Gasteiger charge is -2.05. The summed E-state index contributed by atoms with van der Waals surface area (Å²) in [5, 5.41) is 0. The van der Waals surface area contributed by atoms with Crippen molar-refractivity contribution in [3.05, 3.63) is 65.7 Å². The molecule has 148 valence electrons. The van der Waals surface area contributed by atoms with E-state index in [-0.39, 0.29) is 5.97 Å². The Balaban J connectivity index is 1.81. The van der Waals surface area contributed by atoms with Gasteiger partial charge in [0.05, 0.1) is 19.3 Å². The highest BCUT2D eigenvalue weighted by Crippen LogP contribution is 2.17. The Morgan fingerprint density at radius 1 is 0.893 bits per heavy atom. The molecule has 5 nitrogen and oxygen atoms in total. The summed E-state index contributed by atoms with van der Waals surface area (Å²) < 4.78 is 15.6. The highest BCUT2D eigenvalue weighted by Gasteiger charge is 2.08. The van der Waals surface area contributed by atoms with Crippen LogP contribution in [0.4, 0.5) is 0 Å². The van der Waals surface area contributed by atoms with Crippen molar-refractivity contribution in [1.82, 2.24) is 0 Å². The molecule has 0 bridgehead atoms. The van der Waals surface area contributed by atoms with Crippen molar-refractivity contribution in [3.8, 4) is 11.5 Å². The lowest BCUT2D eigenvalue weighted by molar-refractivity contribution is -0.137. The van der Waals surface area contributed by atoms with Crippen molar-refractivity contribution in [1.29, 1.82) is 0 Å². The van der Waals surface area contributed by atoms with Gasteiger partial charge in [0.15, 0.2) is 0 Å². The molecule has 0 fully saturated rings. The number of carbonyl (C=O) groups excluding carboxylic acids is 2. The molecule has 0 spiro atoms. The summed E-state index contributed by atoms with van der Waals surface area (Å²) in [6, 6.07) is 13.6. The molecule has 0 aliphatic carbocycles. The van der Waals surface area contributed by atoms with Gasteiger partial charge in [0.25, 0.3) is 0 Å². The molecule has 0 heterocycles. The van der Waals surface area contributed by atoms with Crippen molar-refractivity contribution in [2.75, 3.05) is 13.7 Å². The zero-order valence-electron chi connectivity index (χ0n) is 16.4. The predicted molar refractivity (Wildman–Crippen MR) is 109 cm³/mol. The topological polar surface area (TPSA) is 61.8 Å². The van der Waals surface area contributed by atoms with E-state index in [2.05, 4.69) is 6.92 Å². The van der Waals surface area contributed by atoms with Gasteiger partial charge in [-0.3, -0.25) is 0 Å². The molecule has 0 aliphatic rings. The van der Waals surface area contributed by atoms with Crippen LogP contribution in [0, 0.1) is 0 Å². The maximum absolute atomic E-state index is 12.1. The molecule has 2 aromatic carbocycles. The highest BCUT2D eigenvalue weighted by molar-refractivity contribution is 5.91. The fraction of sp³-hybridized carbons (Fsp3) is 0.304. The molecule has 2 rings (SSSR count). The first kappa shape index (κ1) is 21.2. The van der Waals surface area contributed by atoms with Gasteiger partial charge < -0.3 is 14.2 Å². The SMILES string of the molecule is CCCCCCOC(=O)/C=C/c1ccc(OC(=O)c2ccc(OC)cc2)cc1. The average Bonchev–Trinajstić information content (AvgIpc) is 2.73. The van der Waals surface area contributed by atoms with Crippen LogP contribution in [0.2, 0.25) is 0 Å². The molecule has 0 unspecified atom stereocenters. The van der Waals surface area contributed by atoms with Crippen LogP contribution < -0.4 is 9.47 Å². The van der Waals surface area contributed by atoms with Gasteiger partial charge in [-0.25, -0.2) is 9.59 Å². The largest absolute Gasteiger partial charge is 0.497 e. The maximum atomic E-state index is 12.1. The highest BCUT2D eigenvalue weighted by atomic mass is 16.5. The van der Waals surface area contributed by atoms with Gasteiger partial charge in [-0.05, 0) is 54.5 Å². The van der Waals surface area contributed by atoms with Crippen LogP contribution in [-0.4, -0.2) is 25.7 Å². The molecule has 2 aromatic rings. The summed E-state index contributed by atoms with van der Waals surface area (Å²) in [4.78, 5) is 23.8. The normalized spacial score (nSPS) is 10.6. The van der Waals surface area contributed by atoms with Crippen molar-refractivity contribution in [3.63, 3.8) is 0 Å². The first-order chi connectivity index (χ1) is 13.6. The molecule has 0 saturated carbocycles. The quantitative estimate of drug-likeness (QED) is 0.249. The molecule has 0 aliphatic heterocycles. The van der Waals surface area contributed by atoms with E-state index in [4.69, 9.17) is 14.2 Å². The van der Waals surface area contributed by atoms with E-state index in [0.717, 1.165) is 31.2 Å². The van der Waals surface area contributed by atoms with Gasteiger partial charge in [0.2, 0.25) is 0 Å². The third-order valence-corrected chi connectivity index (χ3v) is 4.07. The lowest BCUT2D eigenvalue weighted by Crippen LogP contribution is -2.08. The van der Waals surface area contributed by atoms with Gasteiger partial charge in [0, 0.05) is 6.08 Å². The third-order valence-electron chi connectivity index (χ3n) is 4.07. The molecule has 28 heavy (non-hydrogen) atoms. The molecule has 5 heteroatoms. The second-order valence-electron chi connectivity index (χ2n) is 6.25. The van der Waals surface area contributed by atoms with Crippen molar-refractivity contribution in [2.45, 2.75) is 32.6 Å². The minimum absolute atomic E-state index is 0.355. The van der Waals surface area contributed by atoms with E-state index in [1.54, 1.807) is 61.7 Å². The summed E-state index contributed by atoms with van der Waals surface area (Å²) in [7, 11) is 1.57. The molecular weight excluding hydrogens is 356 g/mol. The summed E-state index contributed by atoms with van der Waals surface area (Å²) in [5.41, 5.74) is 1.25. The fourth-order valence-electron chi connectivity index (χ4n) is 2.45. The number of ether oxygens (including phenoxy) is 3. The first-order valence-corrected chi connectivity index (χ1v) is 9.43. The number of unbranched alkanes of at least 4 members (excludes halogenated alkanes) is 3. The average molecular weight is 382 g/mol. The number of benzene rings is 2. The Morgan fingerprint density at radius 3 is 2.21 bits per heavy atom. The molecule has 0 amide bonds. The standard InChI is InChI=1S/C23H26O5/c1-3-4-5-6-17-27-22(24)16-9-18-7-12-21(13-8-18)28-23(25)19-10-14-20(26-2)15-11-19/h7-16H,3-6,17H2,1-2H3/b16-9+. The molecule has 0 saturated heterocycles. The van der Waals surface area contributed by atoms with Crippen LogP contribution in [0.5, 0.6) is 11.5 Å². The van der Waals surface area contributed by atoms with E-state index < -0.39 is 5.97 Å². The van der Waals surface area contributed by atoms with E-state index >= 15 is 0 Å². The third kappa shape index (κ3) is 7.27. The molecular formula is C23H26O5. The second kappa shape index (κ2) is 11.6. The number of carbonyl (C=O) groups is 2. The van der Waals surface area contributed by atoms with Crippen LogP contribution in [0.15, 0.2) is 54.6 Å². The monoisotopic (exact) mass is 382 g/mol. The minimum atomic E-state index is -0.447. The van der Waals surface area contributed by atoms with Crippen LogP contribution in [0.1, 0.15) is 48.5 Å². The Kier molecular flexibility index (Phi) is 8.79. The summed E-state index contributed by atoms with van der Waals surface area (Å²) in [5.74, 6) is 0.299. The molecule has 0 N–H and O–H groups in total. The van der Waals surface area contributed by atoms with Crippen molar-refractivity contribution < 1.29 is 23.8 Å². The van der Waals surface area contributed by atoms with Crippen molar-refractivity contribution in [2.24, 2.45) is 0 Å². The van der Waals surface area contributed by atoms with Gasteiger partial charge in [-0.15, -0.1) is 0 Å². The number of hydrogen-bond acceptors (Lipinski definition) is 5. The first-order valence-electron chi connectivity index (χ1n) is 9.43. The summed E-state index contributed by atoms with van der Waals surface area (Å²) in [6.07, 6.45) is 7.34. The van der Waals surface area contributed by atoms with Gasteiger partial charge in [0.1, 0.15) is 11.5 Å². The minimum Gasteiger partial charge on any atom is -0.497 e. The van der Waals surface area contributed by atoms with E-state index in [9.17, 15) is 9.59 Å². The smallest absolute Gasteiger partial charge is 0.343 e. The zero-order chi connectivity index (χ0) is 20.2. The summed E-state index contributed by atoms with van der Waals surface area (Å²) in [6.45, 7) is 2.59. The van der Waals surface area contributed by atoms with Crippen LogP contribution in [0.25, 0.3) is 6.08 Å². The van der Waals surface area contributed by atoms with E-state index in [1.807, 2.05) is 0 Å². The number of methoxy groups -OCH3 is 1. The maximum Gasteiger partial charge on any atom is 0.343 e. The Hall–Kier alpha value is -3.08. The van der Waals surface area contributed by atoms with Crippen LogP contribution >= 0.6 is 0 Å². The van der Waals surface area contributed by atoms with Crippen LogP contribution in [0.3, 0.4) is 0 Å². The molecule has 0 atom stereocenters. The number of esters is 2. The van der Waals surface area contributed by atoms with E-state index in [1.165, 1.54) is 6.08 Å². The zero-order valence-corrected chi connectivity index (χ0v) is 16.4. The predicted octanol–water partition coefficient (Wildman–Crippen LogP) is 5.05. The van der Waals surface area contributed by atoms with Gasteiger partial charge >= 0.3 is 11.9 Å². The van der Waals surface area contributed by atoms with Gasteiger partial charge in [-0.2, -0.15) is 0 Å². The summed E-state index contributed by atoms with van der Waals surface area (Å²) >= 11 is 0. The van der Waals surface area contributed by atoms with E-state index in [0.29, 0.717) is 23.7 Å². The fourth-order valence-corrected chi connectivity index (χ4v) is 2.45. The molecule has 0 aromatic heterocycles. The van der Waals surface area contributed by atoms with Crippen LogP contribution in [-0.2, 0) is 9.53 Å². The Morgan fingerprint density at radius 2 is 1.57 bits per heavy atom. The lowest BCUT2D eigenvalue weighted by atomic mass is 10.2. The van der Waals surface area contributed by atoms with Gasteiger partial charge in [-0.1, -0.05) is 38.3 Å². The Labute approximate surface area is 165 Å². The Bertz CT molecular complexity index is 776. The van der Waals surface area contributed by atoms with Crippen molar-refractivity contribution >= 4 is 18.0 Å². The second-order valence-corrected chi connectivity index (χ2v) is 6.25. The number of rotatable bonds is 10.